The Morgan fingerprint density at radius 3 is 2.29 bits per heavy atom. The molecule has 11 nitrogen and oxygen atoms in total. The number of anilines is 1. The summed E-state index contributed by atoms with van der Waals surface area (Å²) in [6.45, 7) is 0.454. The molecule has 3 aliphatic rings. The molecule has 1 aromatic rings. The number of nitrogens with zero attached hydrogens (tertiary/aromatic N) is 2. The molecule has 3 unspecified atom stereocenters. The van der Waals surface area contributed by atoms with Gasteiger partial charge in [-0.1, -0.05) is 0 Å². The molecular weight excluding hydrogens is 549 g/mol. The quantitative estimate of drug-likeness (QED) is 0.334. The summed E-state index contributed by atoms with van der Waals surface area (Å²) in [5, 5.41) is 25.0. The van der Waals surface area contributed by atoms with Crippen LogP contribution in [0.2, 0.25) is 0 Å². The van der Waals surface area contributed by atoms with E-state index in [2.05, 4.69) is 5.32 Å². The van der Waals surface area contributed by atoms with Crippen molar-refractivity contribution in [1.82, 2.24) is 10.2 Å². The van der Waals surface area contributed by atoms with Crippen LogP contribution in [0.1, 0.15) is 34.8 Å². The fourth-order valence-electron chi connectivity index (χ4n) is 6.62. The number of rotatable bonds is 6. The second-order valence-corrected chi connectivity index (χ2v) is 11.6. The Balaban J connectivity index is 1.83. The number of halogens is 3. The Morgan fingerprint density at radius 1 is 1.17 bits per heavy atom. The summed E-state index contributed by atoms with van der Waals surface area (Å²) in [6.07, 6.45) is -4.62. The van der Waals surface area contributed by atoms with Crippen molar-refractivity contribution in [3.63, 3.8) is 0 Å². The number of carbonyl (C=O) groups excluding carboxylic acids is 5. The summed E-state index contributed by atoms with van der Waals surface area (Å²) in [5.41, 5.74) is 2.94. The Kier molecular flexibility index (Phi) is 7.59. The van der Waals surface area contributed by atoms with Gasteiger partial charge in [0.1, 0.15) is 11.8 Å². The fourth-order valence-corrected chi connectivity index (χ4v) is 6.62. The lowest BCUT2D eigenvalue weighted by atomic mass is 9.52. The van der Waals surface area contributed by atoms with Crippen LogP contribution in [0.3, 0.4) is 0 Å². The van der Waals surface area contributed by atoms with Gasteiger partial charge in [-0.2, -0.15) is 13.2 Å². The van der Waals surface area contributed by atoms with Crippen molar-refractivity contribution < 1.29 is 47.4 Å². The average molecular weight is 583 g/mol. The second-order valence-electron chi connectivity index (χ2n) is 11.6. The third-order valence-corrected chi connectivity index (χ3v) is 8.69. The molecule has 7 atom stereocenters. The molecule has 41 heavy (non-hydrogen) atoms. The van der Waals surface area contributed by atoms with E-state index in [4.69, 9.17) is 5.73 Å². The third-order valence-electron chi connectivity index (χ3n) is 8.69. The van der Waals surface area contributed by atoms with Crippen molar-refractivity contribution in [3.05, 3.63) is 22.8 Å². The van der Waals surface area contributed by atoms with E-state index in [1.54, 1.807) is 19.0 Å². The second kappa shape index (κ2) is 10.2. The van der Waals surface area contributed by atoms with E-state index in [0.717, 1.165) is 6.92 Å². The number of Topliss-reactive ketones (excluding diaryl/α,β-unsaturated/α-hetero) is 4. The van der Waals surface area contributed by atoms with Crippen molar-refractivity contribution in [2.45, 2.75) is 50.2 Å². The summed E-state index contributed by atoms with van der Waals surface area (Å²) in [7, 11) is 6.28. The first-order valence-corrected chi connectivity index (χ1v) is 13.0. The minimum absolute atomic E-state index is 0.0176. The molecule has 2 saturated carbocycles. The Morgan fingerprint density at radius 2 is 1.78 bits per heavy atom. The molecule has 5 N–H and O–H groups in total. The molecule has 1 amide bonds. The van der Waals surface area contributed by atoms with E-state index < -0.39 is 88.9 Å². The highest BCUT2D eigenvalue weighted by Gasteiger charge is 2.69. The molecule has 3 aliphatic carbocycles. The zero-order valence-electron chi connectivity index (χ0n) is 23.2. The van der Waals surface area contributed by atoms with Crippen LogP contribution in [-0.2, 0) is 32.1 Å². The summed E-state index contributed by atoms with van der Waals surface area (Å²) in [5.74, 6) is -12.0. The maximum atomic E-state index is 13.9. The van der Waals surface area contributed by atoms with E-state index in [-0.39, 0.29) is 24.0 Å². The first-order valence-electron chi connectivity index (χ1n) is 13.0. The first kappa shape index (κ1) is 30.6. The van der Waals surface area contributed by atoms with Gasteiger partial charge in [-0.15, -0.1) is 0 Å². The smallest absolute Gasteiger partial charge is 0.403 e. The number of phenols is 1. The van der Waals surface area contributed by atoms with Crippen LogP contribution in [-0.4, -0.2) is 96.2 Å². The van der Waals surface area contributed by atoms with Gasteiger partial charge in [0.25, 0.3) is 0 Å². The number of alkyl halides is 3. The molecule has 4 rings (SSSR count). The Labute approximate surface area is 233 Å². The van der Waals surface area contributed by atoms with Gasteiger partial charge < -0.3 is 26.2 Å². The van der Waals surface area contributed by atoms with Gasteiger partial charge in [0.05, 0.1) is 17.5 Å². The van der Waals surface area contributed by atoms with Crippen LogP contribution < -0.4 is 16.0 Å². The molecule has 224 valence electrons. The first-order chi connectivity index (χ1) is 18.8. The van der Waals surface area contributed by atoms with Crippen molar-refractivity contribution in [1.29, 1.82) is 0 Å². The number of ketones is 4. The molecule has 2 fully saturated rings. The van der Waals surface area contributed by atoms with Crippen molar-refractivity contribution >= 4 is 34.7 Å². The number of carbonyl (C=O) groups is 5. The lowest BCUT2D eigenvalue weighted by Crippen LogP contribution is -2.74. The Hall–Kier alpha value is -3.36. The number of likely N-dealkylation sites (N-methyl/N-ethyl adjacent to an activating group) is 1. The molecular formula is C27H33F3N4O7. The summed E-state index contributed by atoms with van der Waals surface area (Å²) < 4.78 is 39.2. The van der Waals surface area contributed by atoms with Crippen LogP contribution in [0.4, 0.5) is 18.9 Å². The van der Waals surface area contributed by atoms with Gasteiger partial charge in [-0.05, 0) is 51.4 Å². The maximum Gasteiger partial charge on any atom is 0.403 e. The zero-order chi connectivity index (χ0) is 30.9. The molecule has 0 aliphatic heterocycles. The van der Waals surface area contributed by atoms with Crippen LogP contribution in [0.25, 0.3) is 0 Å². The topological polar surface area (TPSA) is 170 Å². The number of hydrogen-bond acceptors (Lipinski definition) is 10. The highest BCUT2D eigenvalue weighted by atomic mass is 19.4. The third kappa shape index (κ3) is 4.61. The molecule has 14 heteroatoms. The van der Waals surface area contributed by atoms with E-state index in [9.17, 15) is 47.4 Å². The van der Waals surface area contributed by atoms with Gasteiger partial charge in [0.15, 0.2) is 34.7 Å². The number of amides is 1. The summed E-state index contributed by atoms with van der Waals surface area (Å²) in [4.78, 5) is 69.5. The standard InChI is InChI=1S/C27H33F3N4O7/c1-10(27(28,29)30)32-9-12-8-15(33(2)3)13-6-11-7-14-19(34(4)5)22(37)18(25(31)40)24(39)26(14,41)23(38)16(11)21(36)17(13)20(12)35/h8,10-11,14,16,18-19,32,35,41H,6-7,9H2,1-5H3,(H2,31,40)/t10?,11-,14-,16?,18?,19-,26-/m0/s1. The molecule has 1 aromatic carbocycles. The van der Waals surface area contributed by atoms with E-state index >= 15 is 0 Å². The van der Waals surface area contributed by atoms with Crippen LogP contribution in [0.15, 0.2) is 6.07 Å². The SMILES string of the molecule is CC(NCc1cc(N(C)C)c2c(c1O)C(=O)C1C(=O)[C@]3(O)C(=O)C(C(N)=O)C(=O)[C@@H](N(C)C)[C@@H]3C[C@@H]1C2)C(F)(F)F. The van der Waals surface area contributed by atoms with Crippen LogP contribution >= 0.6 is 0 Å². The van der Waals surface area contributed by atoms with Crippen LogP contribution in [0.5, 0.6) is 5.75 Å². The van der Waals surface area contributed by atoms with Gasteiger partial charge in [-0.25, -0.2) is 0 Å². The predicted molar refractivity (Wildman–Crippen MR) is 138 cm³/mol. The highest BCUT2D eigenvalue weighted by Crippen LogP contribution is 2.52. The molecule has 0 saturated heterocycles. The highest BCUT2D eigenvalue weighted by molar-refractivity contribution is 6.32. The lowest BCUT2D eigenvalue weighted by Gasteiger charge is -2.52. The lowest BCUT2D eigenvalue weighted by molar-refractivity contribution is -0.181. The number of phenolic OH excluding ortho intramolecular Hbond substituents is 1. The van der Waals surface area contributed by atoms with Crippen molar-refractivity contribution in [2.24, 2.45) is 29.4 Å². The van der Waals surface area contributed by atoms with E-state index in [1.165, 1.54) is 25.1 Å². The largest absolute Gasteiger partial charge is 0.507 e. The van der Waals surface area contributed by atoms with Crippen molar-refractivity contribution in [3.8, 4) is 5.75 Å². The fraction of sp³-hybridized carbons (Fsp3) is 0.593. The normalized spacial score (nSPS) is 30.5. The minimum atomic E-state index is -4.56. The van der Waals surface area contributed by atoms with Gasteiger partial charge in [0, 0.05) is 37.8 Å². The minimum Gasteiger partial charge on any atom is -0.507 e. The number of nitrogens with one attached hydrogen (secondary N) is 1. The maximum absolute atomic E-state index is 13.9. The summed E-state index contributed by atoms with van der Waals surface area (Å²) >= 11 is 0. The van der Waals surface area contributed by atoms with E-state index in [1.807, 2.05) is 0 Å². The van der Waals surface area contributed by atoms with Gasteiger partial charge in [0.2, 0.25) is 5.91 Å². The summed E-state index contributed by atoms with van der Waals surface area (Å²) in [6, 6.07) is -1.68. The molecule has 0 aromatic heterocycles. The number of benzene rings is 1. The molecule has 0 bridgehead atoms. The van der Waals surface area contributed by atoms with Gasteiger partial charge >= 0.3 is 6.18 Å². The van der Waals surface area contributed by atoms with Crippen molar-refractivity contribution in [2.75, 3.05) is 33.1 Å². The number of aliphatic hydroxyl groups is 1. The molecule has 0 radical (unpaired) electrons. The van der Waals surface area contributed by atoms with Gasteiger partial charge in [-0.3, -0.25) is 28.9 Å². The molecule has 0 spiro atoms. The number of nitrogens with two attached hydrogens (primary N) is 1. The number of hydrogen-bond donors (Lipinski definition) is 4. The van der Waals surface area contributed by atoms with E-state index in [0.29, 0.717) is 11.3 Å². The molecule has 0 heterocycles. The monoisotopic (exact) mass is 582 g/mol. The average Bonchev–Trinajstić information content (AvgIpc) is 2.84. The number of aromatic hydroxyl groups is 1. The Bertz CT molecular complexity index is 1340. The number of primary amides is 1. The predicted octanol–water partition coefficient (Wildman–Crippen LogP) is -0.0266. The zero-order valence-corrected chi connectivity index (χ0v) is 23.2. The number of fused-ring (bicyclic) bond motifs is 3. The van der Waals surface area contributed by atoms with Crippen LogP contribution in [0, 0.1) is 23.7 Å².